The van der Waals surface area contributed by atoms with Gasteiger partial charge in [0.1, 0.15) is 18.5 Å². The lowest BCUT2D eigenvalue weighted by molar-refractivity contribution is 0.105. The molecule has 0 amide bonds. The summed E-state index contributed by atoms with van der Waals surface area (Å²) in [7, 11) is 1.89. The summed E-state index contributed by atoms with van der Waals surface area (Å²) in [5.41, 5.74) is 3.27. The average molecular weight is 289 g/mol. The summed E-state index contributed by atoms with van der Waals surface area (Å²) >= 11 is 0. The number of hydrogen-bond donors (Lipinski definition) is 2. The smallest absolute Gasteiger partial charge is 0.125 e. The predicted molar refractivity (Wildman–Crippen MR) is 82.3 cm³/mol. The van der Waals surface area contributed by atoms with Crippen molar-refractivity contribution in [1.29, 1.82) is 0 Å². The molecule has 2 N–H and O–H groups in total. The van der Waals surface area contributed by atoms with Crippen LogP contribution in [0.3, 0.4) is 0 Å². The Kier molecular flexibility index (Phi) is 5.36. The molecule has 0 spiro atoms. The maximum Gasteiger partial charge on any atom is 0.125 e. The maximum atomic E-state index is 9.97. The SMILES string of the molecule is Cc1cccc(C)c1OCC(O)CNCc1cnn(C)c1. The third-order valence-corrected chi connectivity index (χ3v) is 3.30. The number of ether oxygens (including phenoxy) is 1. The normalized spacial score (nSPS) is 12.4. The van der Waals surface area contributed by atoms with Gasteiger partial charge in [-0.2, -0.15) is 5.10 Å². The minimum atomic E-state index is -0.541. The van der Waals surface area contributed by atoms with Crippen molar-refractivity contribution in [2.75, 3.05) is 13.2 Å². The highest BCUT2D eigenvalue weighted by atomic mass is 16.5. The van der Waals surface area contributed by atoms with Crippen LogP contribution in [0.25, 0.3) is 0 Å². The Bertz CT molecular complexity index is 560. The van der Waals surface area contributed by atoms with Gasteiger partial charge in [0.2, 0.25) is 0 Å². The topological polar surface area (TPSA) is 59.3 Å². The second kappa shape index (κ2) is 7.24. The molecule has 114 valence electrons. The van der Waals surface area contributed by atoms with Crippen molar-refractivity contribution in [1.82, 2.24) is 15.1 Å². The van der Waals surface area contributed by atoms with Crippen molar-refractivity contribution in [2.24, 2.45) is 7.05 Å². The first kappa shape index (κ1) is 15.5. The first-order valence-electron chi connectivity index (χ1n) is 7.11. The number of para-hydroxylation sites is 1. The van der Waals surface area contributed by atoms with E-state index in [0.29, 0.717) is 13.1 Å². The molecule has 1 aromatic heterocycles. The minimum absolute atomic E-state index is 0.283. The quantitative estimate of drug-likeness (QED) is 0.812. The van der Waals surface area contributed by atoms with E-state index in [2.05, 4.69) is 10.4 Å². The van der Waals surface area contributed by atoms with E-state index in [9.17, 15) is 5.11 Å². The van der Waals surface area contributed by atoms with Crippen LogP contribution >= 0.6 is 0 Å². The fourth-order valence-corrected chi connectivity index (χ4v) is 2.21. The van der Waals surface area contributed by atoms with E-state index in [1.165, 1.54) is 0 Å². The van der Waals surface area contributed by atoms with Gasteiger partial charge in [-0.05, 0) is 25.0 Å². The Morgan fingerprint density at radius 2 is 2.05 bits per heavy atom. The van der Waals surface area contributed by atoms with Crippen LogP contribution in [-0.2, 0) is 13.6 Å². The summed E-state index contributed by atoms with van der Waals surface area (Å²) in [6, 6.07) is 6.02. The summed E-state index contributed by atoms with van der Waals surface area (Å²) in [5, 5.41) is 17.3. The van der Waals surface area contributed by atoms with Crippen molar-refractivity contribution in [3.05, 3.63) is 47.3 Å². The number of nitrogens with zero attached hydrogens (tertiary/aromatic N) is 2. The van der Waals surface area contributed by atoms with Gasteiger partial charge in [-0.15, -0.1) is 0 Å². The molecule has 1 unspecified atom stereocenters. The van der Waals surface area contributed by atoms with E-state index in [-0.39, 0.29) is 6.61 Å². The van der Waals surface area contributed by atoms with Gasteiger partial charge >= 0.3 is 0 Å². The molecule has 0 aliphatic rings. The highest BCUT2D eigenvalue weighted by Crippen LogP contribution is 2.22. The molecule has 2 aromatic rings. The molecule has 0 saturated carbocycles. The van der Waals surface area contributed by atoms with Crippen LogP contribution in [-0.4, -0.2) is 34.1 Å². The predicted octanol–water partition coefficient (Wildman–Crippen LogP) is 1.57. The molecule has 5 heteroatoms. The molecule has 5 nitrogen and oxygen atoms in total. The third-order valence-electron chi connectivity index (χ3n) is 3.30. The molecule has 0 saturated heterocycles. The number of rotatable bonds is 7. The minimum Gasteiger partial charge on any atom is -0.490 e. The van der Waals surface area contributed by atoms with E-state index >= 15 is 0 Å². The van der Waals surface area contributed by atoms with Crippen LogP contribution in [0.2, 0.25) is 0 Å². The first-order valence-corrected chi connectivity index (χ1v) is 7.11. The summed E-state index contributed by atoms with van der Waals surface area (Å²) in [6.45, 7) is 5.48. The number of hydrogen-bond acceptors (Lipinski definition) is 4. The molecule has 1 atom stereocenters. The van der Waals surface area contributed by atoms with Gasteiger partial charge in [-0.25, -0.2) is 0 Å². The number of aliphatic hydroxyl groups is 1. The largest absolute Gasteiger partial charge is 0.490 e. The Hall–Kier alpha value is -1.85. The number of aryl methyl sites for hydroxylation is 3. The molecule has 0 aliphatic carbocycles. The number of benzene rings is 1. The standard InChI is InChI=1S/C16H23N3O2/c1-12-5-4-6-13(2)16(12)21-11-15(20)9-17-7-14-8-18-19(3)10-14/h4-6,8,10,15,17,20H,7,9,11H2,1-3H3. The van der Waals surface area contributed by atoms with E-state index < -0.39 is 6.10 Å². The van der Waals surface area contributed by atoms with Gasteiger partial charge in [0.15, 0.2) is 0 Å². The highest BCUT2D eigenvalue weighted by molar-refractivity contribution is 5.39. The van der Waals surface area contributed by atoms with Crippen LogP contribution in [0, 0.1) is 13.8 Å². The Morgan fingerprint density at radius 3 is 2.67 bits per heavy atom. The molecule has 0 radical (unpaired) electrons. The summed E-state index contributed by atoms with van der Waals surface area (Å²) < 4.78 is 7.49. The van der Waals surface area contributed by atoms with Crippen molar-refractivity contribution in [2.45, 2.75) is 26.5 Å². The van der Waals surface area contributed by atoms with Gasteiger partial charge in [-0.1, -0.05) is 18.2 Å². The van der Waals surface area contributed by atoms with Crippen LogP contribution in [0.15, 0.2) is 30.6 Å². The van der Waals surface area contributed by atoms with E-state index in [0.717, 1.165) is 22.4 Å². The zero-order chi connectivity index (χ0) is 15.2. The second-order valence-corrected chi connectivity index (χ2v) is 5.34. The third kappa shape index (κ3) is 4.58. The summed E-state index contributed by atoms with van der Waals surface area (Å²) in [4.78, 5) is 0. The molecule has 21 heavy (non-hydrogen) atoms. The number of aromatic nitrogens is 2. The Balaban J connectivity index is 1.73. The zero-order valence-electron chi connectivity index (χ0n) is 12.8. The van der Waals surface area contributed by atoms with E-state index in [4.69, 9.17) is 4.74 Å². The van der Waals surface area contributed by atoms with Crippen LogP contribution in [0.4, 0.5) is 0 Å². The molecular formula is C16H23N3O2. The molecule has 1 aromatic carbocycles. The van der Waals surface area contributed by atoms with Gasteiger partial charge in [0, 0.05) is 31.9 Å². The monoisotopic (exact) mass is 289 g/mol. The fourth-order valence-electron chi connectivity index (χ4n) is 2.21. The van der Waals surface area contributed by atoms with Crippen molar-refractivity contribution in [3.8, 4) is 5.75 Å². The summed E-state index contributed by atoms with van der Waals surface area (Å²) in [6.07, 6.45) is 3.22. The maximum absolute atomic E-state index is 9.97. The average Bonchev–Trinajstić information content (AvgIpc) is 2.84. The lowest BCUT2D eigenvalue weighted by atomic mass is 10.1. The summed E-state index contributed by atoms with van der Waals surface area (Å²) in [5.74, 6) is 0.865. The lowest BCUT2D eigenvalue weighted by Gasteiger charge is -2.16. The molecule has 0 aliphatic heterocycles. The Morgan fingerprint density at radius 1 is 1.33 bits per heavy atom. The molecule has 1 heterocycles. The molecular weight excluding hydrogens is 266 g/mol. The van der Waals surface area contributed by atoms with Crippen LogP contribution in [0.1, 0.15) is 16.7 Å². The fraction of sp³-hybridized carbons (Fsp3) is 0.438. The zero-order valence-corrected chi connectivity index (χ0v) is 12.8. The molecule has 2 rings (SSSR count). The first-order chi connectivity index (χ1) is 10.1. The van der Waals surface area contributed by atoms with Gasteiger partial charge < -0.3 is 15.2 Å². The second-order valence-electron chi connectivity index (χ2n) is 5.34. The molecule has 0 fully saturated rings. The van der Waals surface area contributed by atoms with Gasteiger partial charge in [-0.3, -0.25) is 4.68 Å². The van der Waals surface area contributed by atoms with Crippen molar-refractivity contribution >= 4 is 0 Å². The van der Waals surface area contributed by atoms with Gasteiger partial charge in [0.05, 0.1) is 6.20 Å². The van der Waals surface area contributed by atoms with Crippen molar-refractivity contribution < 1.29 is 9.84 Å². The van der Waals surface area contributed by atoms with Crippen molar-refractivity contribution in [3.63, 3.8) is 0 Å². The Labute approximate surface area is 125 Å². The van der Waals surface area contributed by atoms with Gasteiger partial charge in [0.25, 0.3) is 0 Å². The highest BCUT2D eigenvalue weighted by Gasteiger charge is 2.08. The van der Waals surface area contributed by atoms with Crippen LogP contribution < -0.4 is 10.1 Å². The van der Waals surface area contributed by atoms with E-state index in [1.807, 2.05) is 51.5 Å². The van der Waals surface area contributed by atoms with Crippen LogP contribution in [0.5, 0.6) is 5.75 Å². The number of nitrogens with one attached hydrogen (secondary N) is 1. The lowest BCUT2D eigenvalue weighted by Crippen LogP contribution is -2.31. The van der Waals surface area contributed by atoms with E-state index in [1.54, 1.807) is 4.68 Å². The molecule has 0 bridgehead atoms. The number of aliphatic hydroxyl groups excluding tert-OH is 1.